The summed E-state index contributed by atoms with van der Waals surface area (Å²) < 4.78 is 0. The van der Waals surface area contributed by atoms with Crippen LogP contribution in [0.4, 0.5) is 0 Å². The Morgan fingerprint density at radius 1 is 1.00 bits per heavy atom. The minimum absolute atomic E-state index is 0.329. The summed E-state index contributed by atoms with van der Waals surface area (Å²) in [5.74, 6) is 0.782. The molecule has 1 atom stereocenters. The first-order valence-corrected chi connectivity index (χ1v) is 5.88. The average Bonchev–Trinajstić information content (AvgIpc) is 2.79. The highest BCUT2D eigenvalue weighted by Gasteiger charge is 2.13. The molecule has 1 unspecified atom stereocenters. The second kappa shape index (κ2) is 4.10. The number of phenols is 1. The van der Waals surface area contributed by atoms with E-state index in [0.29, 0.717) is 11.7 Å². The van der Waals surface area contributed by atoms with E-state index < -0.39 is 0 Å². The quantitative estimate of drug-likeness (QED) is 0.811. The molecule has 84 valence electrons. The van der Waals surface area contributed by atoms with E-state index in [1.807, 2.05) is 12.1 Å². The Labute approximate surface area is 101 Å². The van der Waals surface area contributed by atoms with Crippen LogP contribution in [0.2, 0.25) is 0 Å². The van der Waals surface area contributed by atoms with Crippen LogP contribution >= 0.6 is 0 Å². The Hall–Kier alpha value is -2.02. The number of hydrogen-bond donors (Lipinski definition) is 1. The normalized spacial score (nSPS) is 21.1. The highest BCUT2D eigenvalue weighted by molar-refractivity contribution is 5.56. The van der Waals surface area contributed by atoms with E-state index in [1.165, 1.54) is 16.7 Å². The number of hydrogen-bond acceptors (Lipinski definition) is 1. The molecule has 0 aliphatic heterocycles. The van der Waals surface area contributed by atoms with Gasteiger partial charge in [-0.2, -0.15) is 0 Å². The molecular formula is C16H14O. The third kappa shape index (κ3) is 2.09. The molecule has 1 nitrogen and oxygen atoms in total. The van der Waals surface area contributed by atoms with E-state index in [2.05, 4.69) is 36.5 Å². The van der Waals surface area contributed by atoms with Gasteiger partial charge in [0, 0.05) is 0 Å². The van der Waals surface area contributed by atoms with Gasteiger partial charge in [0.15, 0.2) is 0 Å². The highest BCUT2D eigenvalue weighted by atomic mass is 16.3. The molecule has 3 rings (SSSR count). The van der Waals surface area contributed by atoms with Crippen LogP contribution in [0.15, 0.2) is 71.9 Å². The second-order valence-corrected chi connectivity index (χ2v) is 4.50. The van der Waals surface area contributed by atoms with Crippen molar-refractivity contribution < 1.29 is 5.11 Å². The van der Waals surface area contributed by atoms with Crippen LogP contribution in [-0.4, -0.2) is 5.11 Å². The number of allylic oxidation sites excluding steroid dienone is 8. The molecule has 0 aromatic heterocycles. The minimum atomic E-state index is 0.329. The predicted octanol–water partition coefficient (Wildman–Crippen LogP) is 3.54. The molecule has 0 heterocycles. The lowest BCUT2D eigenvalue weighted by molar-refractivity contribution is 0.475. The first-order valence-electron chi connectivity index (χ1n) is 5.88. The summed E-state index contributed by atoms with van der Waals surface area (Å²) >= 11 is 0. The topological polar surface area (TPSA) is 20.2 Å². The Morgan fingerprint density at radius 3 is 2.65 bits per heavy atom. The first kappa shape index (κ1) is 10.2. The zero-order valence-electron chi connectivity index (χ0n) is 9.51. The van der Waals surface area contributed by atoms with Gasteiger partial charge in [-0.3, -0.25) is 0 Å². The smallest absolute Gasteiger partial charge is 0.115 e. The lowest BCUT2D eigenvalue weighted by atomic mass is 9.90. The molecule has 2 aliphatic carbocycles. The summed E-state index contributed by atoms with van der Waals surface area (Å²) in [7, 11) is 0. The van der Waals surface area contributed by atoms with E-state index in [4.69, 9.17) is 0 Å². The molecular weight excluding hydrogens is 208 g/mol. The summed E-state index contributed by atoms with van der Waals surface area (Å²) in [6.07, 6.45) is 14.1. The summed E-state index contributed by atoms with van der Waals surface area (Å²) in [5.41, 5.74) is 3.90. The molecule has 0 amide bonds. The third-order valence-corrected chi connectivity index (χ3v) is 3.21. The molecule has 2 aliphatic rings. The molecule has 1 aromatic carbocycles. The van der Waals surface area contributed by atoms with Gasteiger partial charge < -0.3 is 5.11 Å². The van der Waals surface area contributed by atoms with Gasteiger partial charge in [0.2, 0.25) is 0 Å². The van der Waals surface area contributed by atoms with Crippen molar-refractivity contribution in [1.29, 1.82) is 0 Å². The summed E-state index contributed by atoms with van der Waals surface area (Å²) in [4.78, 5) is 0. The van der Waals surface area contributed by atoms with Gasteiger partial charge >= 0.3 is 0 Å². The number of aromatic hydroxyl groups is 1. The van der Waals surface area contributed by atoms with Gasteiger partial charge in [-0.15, -0.1) is 0 Å². The van der Waals surface area contributed by atoms with E-state index in [1.54, 1.807) is 12.1 Å². The van der Waals surface area contributed by atoms with E-state index >= 15 is 0 Å². The van der Waals surface area contributed by atoms with Crippen molar-refractivity contribution in [1.82, 2.24) is 0 Å². The number of rotatable bonds is 2. The monoisotopic (exact) mass is 222 g/mol. The van der Waals surface area contributed by atoms with Crippen LogP contribution in [0.5, 0.6) is 5.75 Å². The Balaban J connectivity index is 1.77. The van der Waals surface area contributed by atoms with Gasteiger partial charge in [-0.25, -0.2) is 0 Å². The fourth-order valence-electron chi connectivity index (χ4n) is 2.30. The molecule has 0 saturated carbocycles. The lowest BCUT2D eigenvalue weighted by Gasteiger charge is -2.15. The van der Waals surface area contributed by atoms with Crippen molar-refractivity contribution in [2.75, 3.05) is 0 Å². The van der Waals surface area contributed by atoms with Crippen LogP contribution in [0, 0.1) is 5.92 Å². The van der Waals surface area contributed by atoms with E-state index in [0.717, 1.165) is 6.42 Å². The molecule has 0 bridgehead atoms. The van der Waals surface area contributed by atoms with Crippen molar-refractivity contribution in [2.24, 2.45) is 5.92 Å². The van der Waals surface area contributed by atoms with Crippen molar-refractivity contribution in [3.8, 4) is 5.75 Å². The van der Waals surface area contributed by atoms with Crippen LogP contribution in [0.3, 0.4) is 0 Å². The van der Waals surface area contributed by atoms with Crippen molar-refractivity contribution in [3.05, 3.63) is 77.4 Å². The average molecular weight is 222 g/mol. The molecule has 0 fully saturated rings. The number of phenolic OH excluding ortho intramolecular Hbond substituents is 1. The van der Waals surface area contributed by atoms with Crippen LogP contribution in [0.25, 0.3) is 0 Å². The molecule has 0 radical (unpaired) electrons. The Morgan fingerprint density at radius 2 is 1.82 bits per heavy atom. The maximum atomic E-state index is 9.24. The van der Waals surface area contributed by atoms with Crippen molar-refractivity contribution >= 4 is 0 Å². The summed E-state index contributed by atoms with van der Waals surface area (Å²) in [5, 5.41) is 9.24. The van der Waals surface area contributed by atoms with E-state index in [9.17, 15) is 5.11 Å². The maximum absolute atomic E-state index is 9.24. The maximum Gasteiger partial charge on any atom is 0.115 e. The summed E-state index contributed by atoms with van der Waals surface area (Å²) in [6, 6.07) is 7.46. The fraction of sp³-hybridized carbons (Fsp3) is 0.125. The fourth-order valence-corrected chi connectivity index (χ4v) is 2.30. The molecule has 0 spiro atoms. The molecule has 1 N–H and O–H groups in total. The zero-order valence-corrected chi connectivity index (χ0v) is 9.51. The Kier molecular flexibility index (Phi) is 2.45. The highest BCUT2D eigenvalue weighted by Crippen LogP contribution is 2.28. The van der Waals surface area contributed by atoms with Crippen LogP contribution in [-0.2, 0) is 6.42 Å². The predicted molar refractivity (Wildman–Crippen MR) is 69.7 cm³/mol. The first-order chi connectivity index (χ1) is 8.31. The van der Waals surface area contributed by atoms with Crippen molar-refractivity contribution in [3.63, 3.8) is 0 Å². The zero-order chi connectivity index (χ0) is 11.7. The molecule has 1 aromatic rings. The third-order valence-electron chi connectivity index (χ3n) is 3.21. The SMILES string of the molecule is Oc1ccc(CC2C=CC3=CC=CC3=C2)cc1. The van der Waals surface area contributed by atoms with Gasteiger partial charge in [-0.05, 0) is 41.2 Å². The van der Waals surface area contributed by atoms with E-state index in [-0.39, 0.29) is 0 Å². The number of benzene rings is 1. The number of fused-ring (bicyclic) bond motifs is 1. The van der Waals surface area contributed by atoms with Crippen LogP contribution in [0.1, 0.15) is 5.56 Å². The molecule has 1 heteroatoms. The molecule has 17 heavy (non-hydrogen) atoms. The summed E-state index contributed by atoms with van der Waals surface area (Å²) in [6.45, 7) is 0. The minimum Gasteiger partial charge on any atom is -0.508 e. The second-order valence-electron chi connectivity index (χ2n) is 4.50. The van der Waals surface area contributed by atoms with Crippen LogP contribution < -0.4 is 0 Å². The van der Waals surface area contributed by atoms with Gasteiger partial charge in [-0.1, -0.05) is 48.6 Å². The largest absolute Gasteiger partial charge is 0.508 e. The standard InChI is InChI=1S/C16H14O/c17-16-8-5-12(6-9-16)10-13-4-7-14-2-1-3-15(14)11-13/h1-9,11,13,17H,10H2. The van der Waals surface area contributed by atoms with Gasteiger partial charge in [0.25, 0.3) is 0 Å². The lowest BCUT2D eigenvalue weighted by Crippen LogP contribution is -2.02. The van der Waals surface area contributed by atoms with Gasteiger partial charge in [0.1, 0.15) is 5.75 Å². The van der Waals surface area contributed by atoms with Gasteiger partial charge in [0.05, 0.1) is 0 Å². The Bertz CT molecular complexity index is 541. The van der Waals surface area contributed by atoms with Crippen molar-refractivity contribution in [2.45, 2.75) is 6.42 Å². The molecule has 0 saturated heterocycles.